The number of benzene rings is 1. The van der Waals surface area contributed by atoms with Gasteiger partial charge in [-0.3, -0.25) is 9.69 Å². The summed E-state index contributed by atoms with van der Waals surface area (Å²) in [6.07, 6.45) is 0. The number of anilines is 1. The van der Waals surface area contributed by atoms with E-state index in [-0.39, 0.29) is 11.9 Å². The zero-order valence-corrected chi connectivity index (χ0v) is 13.4. The van der Waals surface area contributed by atoms with Crippen LogP contribution < -0.4 is 9.64 Å². The summed E-state index contributed by atoms with van der Waals surface area (Å²) in [4.78, 5) is 18.3. The van der Waals surface area contributed by atoms with Crippen molar-refractivity contribution in [2.24, 2.45) is 0 Å². The first-order chi connectivity index (χ1) is 10.0. The van der Waals surface area contributed by atoms with Crippen molar-refractivity contribution in [2.45, 2.75) is 13.0 Å². The summed E-state index contributed by atoms with van der Waals surface area (Å²) in [5.41, 5.74) is 1.21. The quantitative estimate of drug-likeness (QED) is 0.837. The molecule has 1 atom stereocenters. The van der Waals surface area contributed by atoms with Crippen LogP contribution in [0.2, 0.25) is 0 Å². The van der Waals surface area contributed by atoms with Crippen LogP contribution >= 0.6 is 0 Å². The Morgan fingerprint density at radius 2 is 1.71 bits per heavy atom. The van der Waals surface area contributed by atoms with Gasteiger partial charge in [-0.2, -0.15) is 0 Å². The average molecular weight is 291 g/mol. The topological polar surface area (TPSA) is 36.0 Å². The fraction of sp³-hybridized carbons (Fsp3) is 0.562. The molecule has 116 valence electrons. The number of methoxy groups -OCH3 is 1. The molecule has 1 aromatic carbocycles. The van der Waals surface area contributed by atoms with Gasteiger partial charge in [0.15, 0.2) is 0 Å². The molecule has 0 N–H and O–H groups in total. The Kier molecular flexibility index (Phi) is 5.07. The molecule has 0 saturated carbocycles. The summed E-state index contributed by atoms with van der Waals surface area (Å²) in [5.74, 6) is 1.05. The van der Waals surface area contributed by atoms with E-state index in [4.69, 9.17) is 4.74 Å². The molecule has 1 saturated heterocycles. The lowest BCUT2D eigenvalue weighted by Crippen LogP contribution is -2.53. The third-order valence-electron chi connectivity index (χ3n) is 4.10. The van der Waals surface area contributed by atoms with Crippen molar-refractivity contribution in [3.05, 3.63) is 24.3 Å². The number of piperazine rings is 1. The molecular formula is C16H25N3O2. The normalized spacial score (nSPS) is 17.4. The Morgan fingerprint density at radius 3 is 2.19 bits per heavy atom. The van der Waals surface area contributed by atoms with E-state index in [1.165, 1.54) is 5.69 Å². The predicted molar refractivity (Wildman–Crippen MR) is 84.9 cm³/mol. The first-order valence-electron chi connectivity index (χ1n) is 7.37. The standard InChI is InChI=1S/C16H25N3O2/c1-13(16(20)17(2)3)18-9-11-19(12-10-18)14-5-7-15(21-4)8-6-14/h5-8,13H,9-12H2,1-4H3/t13-/m0/s1. The minimum absolute atomic E-state index is 0.0435. The third-order valence-corrected chi connectivity index (χ3v) is 4.10. The van der Waals surface area contributed by atoms with Crippen LogP contribution in [0.1, 0.15) is 6.92 Å². The van der Waals surface area contributed by atoms with Gasteiger partial charge >= 0.3 is 0 Å². The number of nitrogens with zero attached hydrogens (tertiary/aromatic N) is 3. The van der Waals surface area contributed by atoms with E-state index in [1.54, 1.807) is 12.0 Å². The van der Waals surface area contributed by atoms with Crippen molar-refractivity contribution >= 4 is 11.6 Å². The summed E-state index contributed by atoms with van der Waals surface area (Å²) in [6, 6.07) is 8.10. The molecule has 1 heterocycles. The zero-order chi connectivity index (χ0) is 15.4. The molecule has 5 nitrogen and oxygen atoms in total. The second-order valence-electron chi connectivity index (χ2n) is 5.63. The largest absolute Gasteiger partial charge is 0.497 e. The summed E-state index contributed by atoms with van der Waals surface area (Å²) in [5, 5.41) is 0. The van der Waals surface area contributed by atoms with E-state index in [9.17, 15) is 4.79 Å². The molecule has 0 aromatic heterocycles. The highest BCUT2D eigenvalue weighted by Gasteiger charge is 2.26. The number of carbonyl (C=O) groups excluding carboxylic acids is 1. The number of hydrogen-bond acceptors (Lipinski definition) is 4. The summed E-state index contributed by atoms with van der Waals surface area (Å²) in [6.45, 7) is 5.69. The van der Waals surface area contributed by atoms with E-state index in [0.717, 1.165) is 31.9 Å². The van der Waals surface area contributed by atoms with Gasteiger partial charge in [0.05, 0.1) is 13.2 Å². The van der Waals surface area contributed by atoms with Crippen molar-refractivity contribution in [1.29, 1.82) is 0 Å². The van der Waals surface area contributed by atoms with Gasteiger partial charge in [0.2, 0.25) is 5.91 Å². The van der Waals surface area contributed by atoms with E-state index in [2.05, 4.69) is 21.9 Å². The van der Waals surface area contributed by atoms with Gasteiger partial charge in [-0.1, -0.05) is 0 Å². The molecule has 2 rings (SSSR count). The molecule has 0 radical (unpaired) electrons. The zero-order valence-electron chi connectivity index (χ0n) is 13.4. The number of amides is 1. The highest BCUT2D eigenvalue weighted by molar-refractivity contribution is 5.81. The molecular weight excluding hydrogens is 266 g/mol. The molecule has 0 spiro atoms. The second kappa shape index (κ2) is 6.80. The van der Waals surface area contributed by atoms with Crippen LogP contribution in [-0.4, -0.2) is 69.1 Å². The monoisotopic (exact) mass is 291 g/mol. The smallest absolute Gasteiger partial charge is 0.239 e. The third kappa shape index (κ3) is 3.67. The Labute approximate surface area is 127 Å². The van der Waals surface area contributed by atoms with Crippen LogP contribution in [0.4, 0.5) is 5.69 Å². The lowest BCUT2D eigenvalue weighted by atomic mass is 10.2. The number of rotatable bonds is 4. The van der Waals surface area contributed by atoms with Gasteiger partial charge in [-0.05, 0) is 31.2 Å². The fourth-order valence-corrected chi connectivity index (χ4v) is 2.69. The predicted octanol–water partition coefficient (Wildman–Crippen LogP) is 1.29. The van der Waals surface area contributed by atoms with Crippen molar-refractivity contribution < 1.29 is 9.53 Å². The van der Waals surface area contributed by atoms with Crippen molar-refractivity contribution in [3.8, 4) is 5.75 Å². The highest BCUT2D eigenvalue weighted by atomic mass is 16.5. The minimum atomic E-state index is -0.0435. The van der Waals surface area contributed by atoms with Crippen molar-refractivity contribution in [1.82, 2.24) is 9.80 Å². The van der Waals surface area contributed by atoms with Gasteiger partial charge in [0.1, 0.15) is 5.75 Å². The Bertz CT molecular complexity index is 465. The Morgan fingerprint density at radius 1 is 1.14 bits per heavy atom. The molecule has 21 heavy (non-hydrogen) atoms. The lowest BCUT2D eigenvalue weighted by Gasteiger charge is -2.39. The lowest BCUT2D eigenvalue weighted by molar-refractivity contribution is -0.133. The van der Waals surface area contributed by atoms with E-state index >= 15 is 0 Å². The molecule has 0 unspecified atom stereocenters. The molecule has 1 aliphatic rings. The maximum Gasteiger partial charge on any atom is 0.239 e. The van der Waals surface area contributed by atoms with Crippen molar-refractivity contribution in [3.63, 3.8) is 0 Å². The van der Waals surface area contributed by atoms with Crippen LogP contribution in [0.5, 0.6) is 5.75 Å². The Balaban J connectivity index is 1.92. The maximum atomic E-state index is 12.0. The van der Waals surface area contributed by atoms with Crippen LogP contribution in [0.15, 0.2) is 24.3 Å². The first-order valence-corrected chi connectivity index (χ1v) is 7.37. The summed E-state index contributed by atoms with van der Waals surface area (Å²) >= 11 is 0. The van der Waals surface area contributed by atoms with Crippen LogP contribution in [0, 0.1) is 0 Å². The van der Waals surface area contributed by atoms with Gasteiger partial charge in [0.25, 0.3) is 0 Å². The van der Waals surface area contributed by atoms with Crippen molar-refractivity contribution in [2.75, 3.05) is 52.3 Å². The fourth-order valence-electron chi connectivity index (χ4n) is 2.69. The second-order valence-corrected chi connectivity index (χ2v) is 5.63. The van der Waals surface area contributed by atoms with Gasteiger partial charge in [-0.25, -0.2) is 0 Å². The maximum absolute atomic E-state index is 12.0. The van der Waals surface area contributed by atoms with Gasteiger partial charge < -0.3 is 14.5 Å². The number of hydrogen-bond donors (Lipinski definition) is 0. The molecule has 1 fully saturated rings. The molecule has 0 aliphatic carbocycles. The van der Waals surface area contributed by atoms with Gasteiger partial charge in [-0.15, -0.1) is 0 Å². The number of carbonyl (C=O) groups is 1. The average Bonchev–Trinajstić information content (AvgIpc) is 2.53. The Hall–Kier alpha value is -1.75. The van der Waals surface area contributed by atoms with Crippen LogP contribution in [0.3, 0.4) is 0 Å². The van der Waals surface area contributed by atoms with Crippen LogP contribution in [-0.2, 0) is 4.79 Å². The summed E-state index contributed by atoms with van der Waals surface area (Å²) < 4.78 is 5.18. The van der Waals surface area contributed by atoms with E-state index in [0.29, 0.717) is 0 Å². The SMILES string of the molecule is COc1ccc(N2CCN([C@@H](C)C(=O)N(C)C)CC2)cc1. The summed E-state index contributed by atoms with van der Waals surface area (Å²) in [7, 11) is 5.30. The minimum Gasteiger partial charge on any atom is -0.497 e. The van der Waals surface area contributed by atoms with E-state index in [1.807, 2.05) is 33.2 Å². The molecule has 0 bridgehead atoms. The number of likely N-dealkylation sites (N-methyl/N-ethyl adjacent to an activating group) is 1. The van der Waals surface area contributed by atoms with E-state index < -0.39 is 0 Å². The molecule has 1 amide bonds. The first kappa shape index (κ1) is 15.6. The number of ether oxygens (including phenoxy) is 1. The van der Waals surface area contributed by atoms with Gasteiger partial charge in [0, 0.05) is 46.0 Å². The van der Waals surface area contributed by atoms with Crippen LogP contribution in [0.25, 0.3) is 0 Å². The molecule has 1 aliphatic heterocycles. The molecule has 1 aromatic rings. The molecule has 5 heteroatoms. The highest BCUT2D eigenvalue weighted by Crippen LogP contribution is 2.21.